The van der Waals surface area contributed by atoms with E-state index in [2.05, 4.69) is 5.10 Å². The summed E-state index contributed by atoms with van der Waals surface area (Å²) in [5.41, 5.74) is 1.35. The maximum atomic E-state index is 12.2. The predicted molar refractivity (Wildman–Crippen MR) is 80.8 cm³/mol. The molecule has 2 rings (SSSR count). The third-order valence-electron chi connectivity index (χ3n) is 3.12. The normalized spacial score (nSPS) is 10.8. The third kappa shape index (κ3) is 3.13. The molecule has 0 unspecified atom stereocenters. The monoisotopic (exact) mass is 286 g/mol. The molecule has 0 spiro atoms. The van der Waals surface area contributed by atoms with Gasteiger partial charge in [0.2, 0.25) is 5.78 Å². The molecule has 0 fully saturated rings. The van der Waals surface area contributed by atoms with Crippen LogP contribution in [0.2, 0.25) is 0 Å². The third-order valence-corrected chi connectivity index (χ3v) is 3.12. The van der Waals surface area contributed by atoms with E-state index >= 15 is 0 Å². The number of carbonyl (C=O) groups excluding carboxylic acids is 1. The summed E-state index contributed by atoms with van der Waals surface area (Å²) < 4.78 is 12.2. The zero-order chi connectivity index (χ0) is 15.2. The first kappa shape index (κ1) is 14.8. The molecule has 0 N–H and O–H groups in total. The molecule has 1 heterocycles. The smallest absolute Gasteiger partial charge is 0.203 e. The van der Waals surface area contributed by atoms with Gasteiger partial charge < -0.3 is 9.47 Å². The van der Waals surface area contributed by atoms with Crippen LogP contribution in [0.15, 0.2) is 36.5 Å². The Morgan fingerprint density at radius 2 is 2.10 bits per heavy atom. The minimum absolute atomic E-state index is 0.0979. The molecule has 0 radical (unpaired) electrons. The zero-order valence-corrected chi connectivity index (χ0v) is 12.4. The number of nitrogens with zero attached hydrogens (tertiary/aromatic N) is 2. The number of hydrogen-bond donors (Lipinski definition) is 0. The molecule has 0 aliphatic rings. The molecular weight excluding hydrogens is 268 g/mol. The van der Waals surface area contributed by atoms with Crippen molar-refractivity contribution in [3.8, 4) is 11.5 Å². The molecule has 0 aliphatic carbocycles. The van der Waals surface area contributed by atoms with Crippen LogP contribution >= 0.6 is 0 Å². The van der Waals surface area contributed by atoms with Gasteiger partial charge in [-0.05, 0) is 31.2 Å². The summed E-state index contributed by atoms with van der Waals surface area (Å²) in [5, 5.41) is 4.09. The SMILES string of the molecule is CCn1nccc1C(=O)/C=C/c1cccc(OC)c1OC. The van der Waals surface area contributed by atoms with Crippen molar-refractivity contribution in [1.82, 2.24) is 9.78 Å². The number of para-hydroxylation sites is 1. The molecule has 0 atom stereocenters. The number of aromatic nitrogens is 2. The number of carbonyl (C=O) groups is 1. The van der Waals surface area contributed by atoms with Crippen molar-refractivity contribution in [3.05, 3.63) is 47.8 Å². The molecule has 5 nitrogen and oxygen atoms in total. The summed E-state index contributed by atoms with van der Waals surface area (Å²) >= 11 is 0. The van der Waals surface area contributed by atoms with Gasteiger partial charge in [-0.2, -0.15) is 5.10 Å². The summed E-state index contributed by atoms with van der Waals surface area (Å²) in [5.74, 6) is 1.14. The molecule has 2 aromatic rings. The Bertz CT molecular complexity index is 659. The second-order valence-electron chi connectivity index (χ2n) is 4.31. The van der Waals surface area contributed by atoms with Gasteiger partial charge in [0.1, 0.15) is 5.69 Å². The highest BCUT2D eigenvalue weighted by Gasteiger charge is 2.10. The van der Waals surface area contributed by atoms with Gasteiger partial charge in [0.25, 0.3) is 0 Å². The predicted octanol–water partition coefficient (Wildman–Crippen LogP) is 2.82. The van der Waals surface area contributed by atoms with Crippen molar-refractivity contribution >= 4 is 11.9 Å². The van der Waals surface area contributed by atoms with Gasteiger partial charge >= 0.3 is 0 Å². The van der Waals surface area contributed by atoms with Crippen LogP contribution in [0.25, 0.3) is 6.08 Å². The Morgan fingerprint density at radius 3 is 2.76 bits per heavy atom. The molecule has 1 aromatic heterocycles. The Labute approximate surface area is 123 Å². The molecule has 5 heteroatoms. The Hall–Kier alpha value is -2.56. The molecule has 0 bridgehead atoms. The van der Waals surface area contributed by atoms with Crippen LogP contribution in [0.3, 0.4) is 0 Å². The average Bonchev–Trinajstić information content (AvgIpc) is 3.00. The quantitative estimate of drug-likeness (QED) is 0.605. The van der Waals surface area contributed by atoms with E-state index in [9.17, 15) is 4.79 Å². The average molecular weight is 286 g/mol. The number of aryl methyl sites for hydroxylation is 1. The summed E-state index contributed by atoms with van der Waals surface area (Å²) in [4.78, 5) is 12.2. The minimum atomic E-state index is -0.0979. The topological polar surface area (TPSA) is 53.4 Å². The van der Waals surface area contributed by atoms with Crippen LogP contribution in [-0.4, -0.2) is 29.8 Å². The van der Waals surface area contributed by atoms with Crippen molar-refractivity contribution in [2.45, 2.75) is 13.5 Å². The Morgan fingerprint density at radius 1 is 1.29 bits per heavy atom. The number of allylic oxidation sites excluding steroid dienone is 1. The summed E-state index contributed by atoms with van der Waals surface area (Å²) in [6, 6.07) is 7.23. The lowest BCUT2D eigenvalue weighted by molar-refractivity contribution is 0.103. The molecule has 0 aliphatic heterocycles. The lowest BCUT2D eigenvalue weighted by Gasteiger charge is -2.09. The van der Waals surface area contributed by atoms with Crippen molar-refractivity contribution in [1.29, 1.82) is 0 Å². The number of benzene rings is 1. The maximum absolute atomic E-state index is 12.2. The van der Waals surface area contributed by atoms with Crippen molar-refractivity contribution in [2.75, 3.05) is 14.2 Å². The van der Waals surface area contributed by atoms with Crippen LogP contribution in [0.5, 0.6) is 11.5 Å². The van der Waals surface area contributed by atoms with Crippen molar-refractivity contribution < 1.29 is 14.3 Å². The first-order valence-electron chi connectivity index (χ1n) is 6.66. The minimum Gasteiger partial charge on any atom is -0.493 e. The number of hydrogen-bond acceptors (Lipinski definition) is 4. The molecule has 0 saturated heterocycles. The maximum Gasteiger partial charge on any atom is 0.203 e. The van der Waals surface area contributed by atoms with Gasteiger partial charge in [-0.25, -0.2) is 0 Å². The standard InChI is InChI=1S/C16H18N2O3/c1-4-18-13(10-11-17-18)14(19)9-8-12-6-5-7-15(20-2)16(12)21-3/h5-11H,4H2,1-3H3/b9-8+. The molecule has 0 saturated carbocycles. The second kappa shape index (κ2) is 6.74. The number of ether oxygens (including phenoxy) is 2. The molecular formula is C16H18N2O3. The molecule has 110 valence electrons. The highest BCUT2D eigenvalue weighted by Crippen LogP contribution is 2.31. The fraction of sp³-hybridized carbons (Fsp3) is 0.250. The van der Waals surface area contributed by atoms with Gasteiger partial charge in [-0.3, -0.25) is 9.48 Å². The van der Waals surface area contributed by atoms with Gasteiger partial charge in [-0.1, -0.05) is 12.1 Å². The van der Waals surface area contributed by atoms with Gasteiger partial charge in [0.15, 0.2) is 11.5 Å². The van der Waals surface area contributed by atoms with Gasteiger partial charge in [-0.15, -0.1) is 0 Å². The largest absolute Gasteiger partial charge is 0.493 e. The summed E-state index contributed by atoms with van der Waals surface area (Å²) in [6.07, 6.45) is 4.86. The fourth-order valence-corrected chi connectivity index (χ4v) is 2.09. The van der Waals surface area contributed by atoms with Gasteiger partial charge in [0.05, 0.1) is 14.2 Å². The van der Waals surface area contributed by atoms with E-state index in [1.807, 2.05) is 25.1 Å². The van der Waals surface area contributed by atoms with Crippen LogP contribution in [0, 0.1) is 0 Å². The lowest BCUT2D eigenvalue weighted by Crippen LogP contribution is -2.07. The molecule has 1 aromatic carbocycles. The van der Waals surface area contributed by atoms with Gasteiger partial charge in [0, 0.05) is 18.3 Å². The highest BCUT2D eigenvalue weighted by molar-refractivity contribution is 6.05. The van der Waals surface area contributed by atoms with E-state index in [0.29, 0.717) is 23.7 Å². The van der Waals surface area contributed by atoms with Crippen LogP contribution in [0.4, 0.5) is 0 Å². The lowest BCUT2D eigenvalue weighted by atomic mass is 10.1. The highest BCUT2D eigenvalue weighted by atomic mass is 16.5. The van der Waals surface area contributed by atoms with Crippen LogP contribution < -0.4 is 9.47 Å². The van der Waals surface area contributed by atoms with Crippen molar-refractivity contribution in [3.63, 3.8) is 0 Å². The van der Waals surface area contributed by atoms with Crippen LogP contribution in [0.1, 0.15) is 23.0 Å². The number of ketones is 1. The zero-order valence-electron chi connectivity index (χ0n) is 12.4. The number of rotatable bonds is 6. The fourth-order valence-electron chi connectivity index (χ4n) is 2.09. The Balaban J connectivity index is 2.27. The van der Waals surface area contributed by atoms with E-state index in [0.717, 1.165) is 5.56 Å². The Kier molecular flexibility index (Phi) is 4.77. The van der Waals surface area contributed by atoms with E-state index in [-0.39, 0.29) is 5.78 Å². The van der Waals surface area contributed by atoms with E-state index < -0.39 is 0 Å². The number of methoxy groups -OCH3 is 2. The second-order valence-corrected chi connectivity index (χ2v) is 4.31. The summed E-state index contributed by atoms with van der Waals surface area (Å²) in [7, 11) is 3.15. The van der Waals surface area contributed by atoms with E-state index in [4.69, 9.17) is 9.47 Å². The van der Waals surface area contributed by atoms with Crippen molar-refractivity contribution in [2.24, 2.45) is 0 Å². The van der Waals surface area contributed by atoms with E-state index in [1.165, 1.54) is 6.08 Å². The molecule has 0 amide bonds. The van der Waals surface area contributed by atoms with Crippen LogP contribution in [-0.2, 0) is 6.54 Å². The molecule has 21 heavy (non-hydrogen) atoms. The van der Waals surface area contributed by atoms with E-state index in [1.54, 1.807) is 37.2 Å². The first-order valence-corrected chi connectivity index (χ1v) is 6.66. The summed E-state index contributed by atoms with van der Waals surface area (Å²) in [6.45, 7) is 2.60. The first-order chi connectivity index (χ1) is 10.2.